The second kappa shape index (κ2) is 9.32. The van der Waals surface area contributed by atoms with Crippen LogP contribution in [0, 0.1) is 11.3 Å². The average molecular weight is 449 g/mol. The summed E-state index contributed by atoms with van der Waals surface area (Å²) in [5.41, 5.74) is 2.79. The Kier molecular flexibility index (Phi) is 7.07. The first-order chi connectivity index (χ1) is 15.3. The van der Waals surface area contributed by atoms with Gasteiger partial charge in [0, 0.05) is 29.2 Å². The summed E-state index contributed by atoms with van der Waals surface area (Å²) < 4.78 is 0. The van der Waals surface area contributed by atoms with Crippen molar-refractivity contribution in [2.24, 2.45) is 5.92 Å². The van der Waals surface area contributed by atoms with Gasteiger partial charge in [-0.15, -0.1) is 0 Å². The molecule has 2 aromatic carbocycles. The number of hydrogen-bond donors (Lipinski definition) is 2. The third-order valence-corrected chi connectivity index (χ3v) is 6.76. The first kappa shape index (κ1) is 25.0. The third-order valence-electron chi connectivity index (χ3n) is 6.76. The van der Waals surface area contributed by atoms with Crippen molar-refractivity contribution in [2.45, 2.75) is 78.1 Å². The van der Waals surface area contributed by atoms with Crippen LogP contribution in [-0.4, -0.2) is 34.7 Å². The molecule has 2 unspecified atom stereocenters. The molecule has 1 aliphatic heterocycles. The summed E-state index contributed by atoms with van der Waals surface area (Å²) in [5, 5.41) is 19.9. The van der Waals surface area contributed by atoms with E-state index in [1.165, 1.54) is 0 Å². The molecule has 0 bridgehead atoms. The zero-order valence-electron chi connectivity index (χ0n) is 21.3. The zero-order valence-corrected chi connectivity index (χ0v) is 21.3. The van der Waals surface area contributed by atoms with Crippen LogP contribution in [0.15, 0.2) is 42.5 Å². The van der Waals surface area contributed by atoms with E-state index in [0.717, 1.165) is 36.1 Å². The Morgan fingerprint density at radius 1 is 1.03 bits per heavy atom. The maximum atomic E-state index is 13.5. The fourth-order valence-corrected chi connectivity index (χ4v) is 4.98. The highest BCUT2D eigenvalue weighted by Gasteiger charge is 2.38. The molecule has 0 aliphatic carbocycles. The summed E-state index contributed by atoms with van der Waals surface area (Å²) in [7, 11) is 0. The number of carbonyl (C=O) groups excluding carboxylic acids is 1. The second-order valence-corrected chi connectivity index (χ2v) is 11.5. The van der Waals surface area contributed by atoms with Crippen molar-refractivity contribution in [3.05, 3.63) is 64.7 Å². The largest absolute Gasteiger partial charge is 0.507 e. The molecule has 0 amide bonds. The fraction of sp³-hybridized carbons (Fsp3) is 0.517. The van der Waals surface area contributed by atoms with Crippen LogP contribution in [0.5, 0.6) is 5.75 Å². The van der Waals surface area contributed by atoms with Crippen LogP contribution < -0.4 is 0 Å². The Hall–Kier alpha value is -2.62. The van der Waals surface area contributed by atoms with E-state index in [1.807, 2.05) is 35.2 Å². The highest BCUT2D eigenvalue weighted by molar-refractivity contribution is 6.01. The number of likely N-dealkylation sites (tertiary alicyclic amines) is 1. The molecule has 0 radical (unpaired) electrons. The third kappa shape index (κ3) is 5.31. The van der Waals surface area contributed by atoms with Crippen LogP contribution in [0.4, 0.5) is 0 Å². The molecule has 1 fully saturated rings. The highest BCUT2D eigenvalue weighted by Crippen LogP contribution is 2.40. The van der Waals surface area contributed by atoms with Crippen LogP contribution in [0.2, 0.25) is 0 Å². The van der Waals surface area contributed by atoms with E-state index in [2.05, 4.69) is 60.6 Å². The predicted octanol–water partition coefficient (Wildman–Crippen LogP) is 6.66. The number of nitrogens with zero attached hydrogens (tertiary/aromatic N) is 1. The maximum absolute atomic E-state index is 13.5. The van der Waals surface area contributed by atoms with Crippen molar-refractivity contribution in [3.63, 3.8) is 0 Å². The number of Topliss-reactive ketones (excluding diaryl/α,β-unsaturated/α-hetero) is 1. The van der Waals surface area contributed by atoms with Gasteiger partial charge in [-0.05, 0) is 40.9 Å². The van der Waals surface area contributed by atoms with Gasteiger partial charge in [-0.1, -0.05) is 85.2 Å². The molecule has 4 nitrogen and oxygen atoms in total. The van der Waals surface area contributed by atoms with Gasteiger partial charge in [-0.3, -0.25) is 10.2 Å². The molecule has 0 saturated carbocycles. The molecule has 2 atom stereocenters. The number of carbonyl (C=O) groups is 1. The van der Waals surface area contributed by atoms with Crippen molar-refractivity contribution in [2.75, 3.05) is 13.1 Å². The number of rotatable bonds is 6. The normalized spacial score (nSPS) is 19.2. The predicted molar refractivity (Wildman–Crippen MR) is 137 cm³/mol. The SMILES string of the molecule is CCCC1CN(CC(=O)c2cc(C(C)(C)C)c(O)c(C(C)(C)C)c2)C(=N)C1c1ccccc1. The van der Waals surface area contributed by atoms with E-state index in [0.29, 0.717) is 17.3 Å². The van der Waals surface area contributed by atoms with Gasteiger partial charge in [0.15, 0.2) is 5.78 Å². The van der Waals surface area contributed by atoms with Gasteiger partial charge in [0.05, 0.1) is 6.54 Å². The van der Waals surface area contributed by atoms with Crippen molar-refractivity contribution >= 4 is 11.6 Å². The van der Waals surface area contributed by atoms with Gasteiger partial charge < -0.3 is 10.0 Å². The van der Waals surface area contributed by atoms with Crippen LogP contribution in [0.25, 0.3) is 0 Å². The molecular weight excluding hydrogens is 408 g/mol. The monoisotopic (exact) mass is 448 g/mol. The van der Waals surface area contributed by atoms with Crippen molar-refractivity contribution in [1.82, 2.24) is 4.90 Å². The summed E-state index contributed by atoms with van der Waals surface area (Å²) >= 11 is 0. The maximum Gasteiger partial charge on any atom is 0.182 e. The summed E-state index contributed by atoms with van der Waals surface area (Å²) in [6, 6.07) is 13.9. The number of benzene rings is 2. The topological polar surface area (TPSA) is 64.4 Å². The van der Waals surface area contributed by atoms with Gasteiger partial charge in [0.1, 0.15) is 11.6 Å². The highest BCUT2D eigenvalue weighted by atomic mass is 16.3. The number of hydrogen-bond acceptors (Lipinski definition) is 3. The van der Waals surface area contributed by atoms with E-state index in [1.54, 1.807) is 0 Å². The van der Waals surface area contributed by atoms with Gasteiger partial charge >= 0.3 is 0 Å². The minimum absolute atomic E-state index is 0.000268. The minimum atomic E-state index is -0.286. The van der Waals surface area contributed by atoms with Gasteiger partial charge in [-0.25, -0.2) is 0 Å². The van der Waals surface area contributed by atoms with Crippen LogP contribution in [0.1, 0.15) is 94.3 Å². The molecular formula is C29H40N2O2. The smallest absolute Gasteiger partial charge is 0.182 e. The molecule has 4 heteroatoms. The average Bonchev–Trinajstić information content (AvgIpc) is 3.02. The number of phenolic OH excluding ortho intramolecular Hbond substituents is 1. The lowest BCUT2D eigenvalue weighted by Gasteiger charge is -2.28. The van der Waals surface area contributed by atoms with E-state index >= 15 is 0 Å². The van der Waals surface area contributed by atoms with Crippen LogP contribution in [0.3, 0.4) is 0 Å². The number of aromatic hydroxyl groups is 1. The Morgan fingerprint density at radius 2 is 1.58 bits per heavy atom. The van der Waals surface area contributed by atoms with Crippen LogP contribution >= 0.6 is 0 Å². The number of ketones is 1. The zero-order chi connectivity index (χ0) is 24.6. The van der Waals surface area contributed by atoms with E-state index in [4.69, 9.17) is 5.41 Å². The molecule has 178 valence electrons. The molecule has 1 aliphatic rings. The Labute approximate surface area is 199 Å². The van der Waals surface area contributed by atoms with E-state index < -0.39 is 0 Å². The summed E-state index contributed by atoms with van der Waals surface area (Å²) in [6.07, 6.45) is 2.10. The van der Waals surface area contributed by atoms with Gasteiger partial charge in [0.2, 0.25) is 0 Å². The van der Waals surface area contributed by atoms with E-state index in [-0.39, 0.29) is 34.8 Å². The molecule has 2 N–H and O–H groups in total. The number of nitrogens with one attached hydrogen (secondary N) is 1. The fourth-order valence-electron chi connectivity index (χ4n) is 4.98. The molecule has 33 heavy (non-hydrogen) atoms. The van der Waals surface area contributed by atoms with Crippen LogP contribution in [-0.2, 0) is 10.8 Å². The number of amidine groups is 1. The van der Waals surface area contributed by atoms with Crippen molar-refractivity contribution < 1.29 is 9.90 Å². The Bertz CT molecular complexity index is 977. The summed E-state index contributed by atoms with van der Waals surface area (Å²) in [5.74, 6) is 1.20. The summed E-state index contributed by atoms with van der Waals surface area (Å²) in [4.78, 5) is 15.5. The second-order valence-electron chi connectivity index (χ2n) is 11.5. The van der Waals surface area contributed by atoms with Gasteiger partial charge in [-0.2, -0.15) is 0 Å². The molecule has 1 saturated heterocycles. The van der Waals surface area contributed by atoms with Gasteiger partial charge in [0.25, 0.3) is 0 Å². The standard InChI is InChI=1S/C29H40N2O2/c1-8-12-20-17-31(27(30)25(20)19-13-10-9-11-14-19)18-24(32)21-15-22(28(2,3)4)26(33)23(16-21)29(5,6)7/h9-11,13-16,20,25,30,33H,8,12,17-18H2,1-7H3. The van der Waals surface area contributed by atoms with E-state index in [9.17, 15) is 9.90 Å². The molecule has 2 aromatic rings. The molecule has 0 aromatic heterocycles. The van der Waals surface area contributed by atoms with Crippen molar-refractivity contribution in [3.8, 4) is 5.75 Å². The minimum Gasteiger partial charge on any atom is -0.507 e. The summed E-state index contributed by atoms with van der Waals surface area (Å²) in [6.45, 7) is 15.4. The lowest BCUT2D eigenvalue weighted by atomic mass is 9.78. The number of phenols is 1. The first-order valence-electron chi connectivity index (χ1n) is 12.1. The first-order valence-corrected chi connectivity index (χ1v) is 12.1. The molecule has 3 rings (SSSR count). The quantitative estimate of drug-likeness (QED) is 0.486. The lowest BCUT2D eigenvalue weighted by molar-refractivity contribution is 0.0963. The Morgan fingerprint density at radius 3 is 2.06 bits per heavy atom. The molecule has 0 spiro atoms. The Balaban J connectivity index is 1.93. The van der Waals surface area contributed by atoms with Crippen molar-refractivity contribution in [1.29, 1.82) is 5.41 Å². The molecule has 1 heterocycles. The lowest BCUT2D eigenvalue weighted by Crippen LogP contribution is -2.32.